The Bertz CT molecular complexity index is 684. The number of anilines is 1. The van der Waals surface area contributed by atoms with Crippen LogP contribution < -0.4 is 5.32 Å². The highest BCUT2D eigenvalue weighted by Crippen LogP contribution is 2.25. The Morgan fingerprint density at radius 3 is 2.48 bits per heavy atom. The Kier molecular flexibility index (Phi) is 4.55. The monoisotopic (exact) mass is 304 g/mol. The van der Waals surface area contributed by atoms with Gasteiger partial charge in [-0.05, 0) is 36.2 Å². The normalized spacial score (nSPS) is 10.2. The molecule has 108 valence electrons. The number of carbonyl (C=O) groups excluding carboxylic acids is 1. The van der Waals surface area contributed by atoms with Crippen LogP contribution in [0.4, 0.5) is 11.4 Å². The van der Waals surface area contributed by atoms with E-state index in [1.165, 1.54) is 12.1 Å². The fourth-order valence-corrected chi connectivity index (χ4v) is 2.02. The molecule has 0 radical (unpaired) electrons. The number of halogens is 1. The van der Waals surface area contributed by atoms with Crippen LogP contribution in [-0.2, 0) is 5.88 Å². The molecule has 0 unspecified atom stereocenters. The van der Waals surface area contributed by atoms with Gasteiger partial charge in [-0.2, -0.15) is 0 Å². The van der Waals surface area contributed by atoms with Gasteiger partial charge in [0.15, 0.2) is 0 Å². The molecule has 0 aromatic heterocycles. The van der Waals surface area contributed by atoms with Crippen LogP contribution >= 0.6 is 11.6 Å². The molecule has 5 nitrogen and oxygen atoms in total. The number of alkyl halides is 1. The molecule has 6 heteroatoms. The Hall–Kier alpha value is -2.40. The van der Waals surface area contributed by atoms with E-state index in [4.69, 9.17) is 11.6 Å². The third-order valence-corrected chi connectivity index (χ3v) is 3.28. The van der Waals surface area contributed by atoms with Gasteiger partial charge in [0.25, 0.3) is 11.6 Å². The zero-order chi connectivity index (χ0) is 15.4. The molecular formula is C15H13ClN2O3. The summed E-state index contributed by atoms with van der Waals surface area (Å²) in [5.74, 6) is -0.0335. The van der Waals surface area contributed by atoms with E-state index in [1.807, 2.05) is 0 Å². The number of aryl methyl sites for hydroxylation is 1. The number of hydrogen-bond acceptors (Lipinski definition) is 3. The summed E-state index contributed by atoms with van der Waals surface area (Å²) in [5, 5.41) is 13.6. The lowest BCUT2D eigenvalue weighted by molar-refractivity contribution is -0.384. The predicted octanol–water partition coefficient (Wildman–Crippen LogP) is 3.89. The number of amides is 1. The molecule has 21 heavy (non-hydrogen) atoms. The zero-order valence-corrected chi connectivity index (χ0v) is 12.1. The summed E-state index contributed by atoms with van der Waals surface area (Å²) >= 11 is 5.68. The molecule has 0 bridgehead atoms. The lowest BCUT2D eigenvalue weighted by Gasteiger charge is -2.07. The smallest absolute Gasteiger partial charge is 0.293 e. The molecular weight excluding hydrogens is 292 g/mol. The second kappa shape index (κ2) is 6.37. The summed E-state index contributed by atoms with van der Waals surface area (Å²) in [6.45, 7) is 1.75. The van der Waals surface area contributed by atoms with Crippen LogP contribution in [-0.4, -0.2) is 10.8 Å². The van der Waals surface area contributed by atoms with Crippen LogP contribution in [0, 0.1) is 17.0 Å². The average molecular weight is 305 g/mol. The van der Waals surface area contributed by atoms with Gasteiger partial charge in [0, 0.05) is 17.5 Å². The van der Waals surface area contributed by atoms with E-state index in [2.05, 4.69) is 5.32 Å². The maximum absolute atomic E-state index is 12.1. The Morgan fingerprint density at radius 2 is 1.90 bits per heavy atom. The second-order valence-electron chi connectivity index (χ2n) is 4.56. The van der Waals surface area contributed by atoms with Crippen molar-refractivity contribution in [3.8, 4) is 0 Å². The SMILES string of the molecule is Cc1ccc(NC(=O)c2ccc(CCl)cc2)c([N+](=O)[O-])c1. The van der Waals surface area contributed by atoms with Crippen molar-refractivity contribution in [2.24, 2.45) is 0 Å². The van der Waals surface area contributed by atoms with Gasteiger partial charge in [0.1, 0.15) is 5.69 Å². The Balaban J connectivity index is 2.24. The minimum absolute atomic E-state index is 0.124. The number of nitrogens with zero attached hydrogens (tertiary/aromatic N) is 1. The zero-order valence-electron chi connectivity index (χ0n) is 11.3. The summed E-state index contributed by atoms with van der Waals surface area (Å²) < 4.78 is 0. The number of hydrogen-bond donors (Lipinski definition) is 1. The molecule has 2 rings (SSSR count). The van der Waals surface area contributed by atoms with Gasteiger partial charge in [-0.25, -0.2) is 0 Å². The van der Waals surface area contributed by atoms with Crippen molar-refractivity contribution in [3.63, 3.8) is 0 Å². The molecule has 2 aromatic rings. The number of rotatable bonds is 4. The molecule has 0 atom stereocenters. The van der Waals surface area contributed by atoms with Crippen LogP contribution in [0.1, 0.15) is 21.5 Å². The Labute approximate surface area is 126 Å². The first kappa shape index (κ1) is 15.0. The highest BCUT2D eigenvalue weighted by molar-refractivity contribution is 6.17. The molecule has 0 spiro atoms. The summed E-state index contributed by atoms with van der Waals surface area (Å²) in [5.41, 5.74) is 2.12. The Morgan fingerprint density at radius 1 is 1.24 bits per heavy atom. The first-order valence-electron chi connectivity index (χ1n) is 6.22. The molecule has 1 amide bonds. The van der Waals surface area contributed by atoms with Crippen molar-refractivity contribution in [2.45, 2.75) is 12.8 Å². The van der Waals surface area contributed by atoms with E-state index in [-0.39, 0.29) is 11.4 Å². The highest BCUT2D eigenvalue weighted by atomic mass is 35.5. The van der Waals surface area contributed by atoms with Crippen LogP contribution in [0.2, 0.25) is 0 Å². The van der Waals surface area contributed by atoms with Crippen molar-refractivity contribution >= 4 is 28.9 Å². The molecule has 0 heterocycles. The van der Waals surface area contributed by atoms with Crippen molar-refractivity contribution in [1.82, 2.24) is 0 Å². The van der Waals surface area contributed by atoms with Gasteiger partial charge in [0.05, 0.1) is 4.92 Å². The van der Waals surface area contributed by atoms with Crippen LogP contribution in [0.5, 0.6) is 0 Å². The van der Waals surface area contributed by atoms with E-state index >= 15 is 0 Å². The predicted molar refractivity (Wildman–Crippen MR) is 81.8 cm³/mol. The van der Waals surface area contributed by atoms with E-state index in [0.717, 1.165) is 11.1 Å². The molecule has 0 saturated carbocycles. The minimum atomic E-state index is -0.515. The largest absolute Gasteiger partial charge is 0.316 e. The topological polar surface area (TPSA) is 72.2 Å². The fraction of sp³-hybridized carbons (Fsp3) is 0.133. The van der Waals surface area contributed by atoms with Gasteiger partial charge in [-0.3, -0.25) is 14.9 Å². The second-order valence-corrected chi connectivity index (χ2v) is 4.83. The first-order chi connectivity index (χ1) is 10.0. The van der Waals surface area contributed by atoms with Crippen LogP contribution in [0.25, 0.3) is 0 Å². The van der Waals surface area contributed by atoms with Crippen molar-refractivity contribution < 1.29 is 9.72 Å². The maximum atomic E-state index is 12.1. The quantitative estimate of drug-likeness (QED) is 0.529. The molecule has 2 aromatic carbocycles. The molecule has 0 aliphatic carbocycles. The molecule has 0 aliphatic heterocycles. The summed E-state index contributed by atoms with van der Waals surface area (Å²) in [7, 11) is 0. The number of nitro groups is 1. The van der Waals surface area contributed by atoms with Gasteiger partial charge in [-0.1, -0.05) is 18.2 Å². The maximum Gasteiger partial charge on any atom is 0.293 e. The lowest BCUT2D eigenvalue weighted by Crippen LogP contribution is -2.13. The summed E-state index contributed by atoms with van der Waals surface area (Å²) in [6, 6.07) is 11.4. The summed E-state index contributed by atoms with van der Waals surface area (Å²) in [6.07, 6.45) is 0. The number of nitrogens with one attached hydrogen (secondary N) is 1. The van der Waals surface area contributed by atoms with E-state index in [1.54, 1.807) is 37.3 Å². The van der Waals surface area contributed by atoms with Gasteiger partial charge in [-0.15, -0.1) is 11.6 Å². The minimum Gasteiger partial charge on any atom is -0.316 e. The van der Waals surface area contributed by atoms with Gasteiger partial charge in [0.2, 0.25) is 0 Å². The number of benzene rings is 2. The molecule has 0 saturated heterocycles. The van der Waals surface area contributed by atoms with Crippen molar-refractivity contribution in [2.75, 3.05) is 5.32 Å². The number of nitro benzene ring substituents is 1. The third kappa shape index (κ3) is 3.58. The molecule has 0 fully saturated rings. The first-order valence-corrected chi connectivity index (χ1v) is 6.76. The fourth-order valence-electron chi connectivity index (χ4n) is 1.84. The van der Waals surface area contributed by atoms with E-state index in [0.29, 0.717) is 11.4 Å². The van der Waals surface area contributed by atoms with E-state index < -0.39 is 10.8 Å². The third-order valence-electron chi connectivity index (χ3n) is 2.97. The van der Waals surface area contributed by atoms with E-state index in [9.17, 15) is 14.9 Å². The standard InChI is InChI=1S/C15H13ClN2O3/c1-10-2-7-13(14(8-10)18(20)21)17-15(19)12-5-3-11(9-16)4-6-12/h2-8H,9H2,1H3,(H,17,19). The molecule has 1 N–H and O–H groups in total. The highest BCUT2D eigenvalue weighted by Gasteiger charge is 2.16. The molecule has 0 aliphatic rings. The van der Waals surface area contributed by atoms with Crippen molar-refractivity contribution in [1.29, 1.82) is 0 Å². The lowest BCUT2D eigenvalue weighted by atomic mass is 10.1. The van der Waals surface area contributed by atoms with Crippen molar-refractivity contribution in [3.05, 3.63) is 69.3 Å². The van der Waals surface area contributed by atoms with Crippen LogP contribution in [0.3, 0.4) is 0 Å². The van der Waals surface area contributed by atoms with Crippen LogP contribution in [0.15, 0.2) is 42.5 Å². The van der Waals surface area contributed by atoms with Gasteiger partial charge < -0.3 is 5.32 Å². The number of carbonyl (C=O) groups is 1. The van der Waals surface area contributed by atoms with Gasteiger partial charge >= 0.3 is 0 Å². The summed E-state index contributed by atoms with van der Waals surface area (Å²) in [4.78, 5) is 22.6. The average Bonchev–Trinajstić information content (AvgIpc) is 2.49.